The molecule has 8 nitrogen and oxygen atoms in total. The van der Waals surface area contributed by atoms with E-state index >= 15 is 0 Å². The highest BCUT2D eigenvalue weighted by Gasteiger charge is 2.21. The maximum Gasteiger partial charge on any atom is 0.358 e. The number of methoxy groups -OCH3 is 1. The summed E-state index contributed by atoms with van der Waals surface area (Å²) < 4.78 is 19.3. The minimum Gasteiger partial charge on any atom is -0.508 e. The lowest BCUT2D eigenvalue weighted by atomic mass is 10.1. The van der Waals surface area contributed by atoms with Crippen molar-refractivity contribution in [3.63, 3.8) is 0 Å². The van der Waals surface area contributed by atoms with Crippen LogP contribution in [0.5, 0.6) is 5.75 Å². The van der Waals surface area contributed by atoms with Crippen molar-refractivity contribution in [3.8, 4) is 16.2 Å². The molecule has 1 aromatic carbocycles. The molecule has 30 heavy (non-hydrogen) atoms. The van der Waals surface area contributed by atoms with E-state index < -0.39 is 23.3 Å². The van der Waals surface area contributed by atoms with Crippen LogP contribution >= 0.6 is 11.3 Å². The second kappa shape index (κ2) is 8.87. The molecule has 3 aromatic rings. The van der Waals surface area contributed by atoms with E-state index in [1.807, 2.05) is 0 Å². The maximum absolute atomic E-state index is 13.2. The number of esters is 1. The maximum atomic E-state index is 13.2. The second-order valence-corrected chi connectivity index (χ2v) is 7.34. The predicted molar refractivity (Wildman–Crippen MR) is 109 cm³/mol. The molecule has 0 fully saturated rings. The van der Waals surface area contributed by atoms with Gasteiger partial charge in [-0.25, -0.2) is 14.2 Å². The summed E-state index contributed by atoms with van der Waals surface area (Å²) in [4.78, 5) is 40.9. The third kappa shape index (κ3) is 4.71. The van der Waals surface area contributed by atoms with Gasteiger partial charge in [-0.3, -0.25) is 9.59 Å². The molecule has 0 bridgehead atoms. The first-order valence-corrected chi connectivity index (χ1v) is 9.65. The molecule has 2 aromatic heterocycles. The number of ether oxygens (including phenoxy) is 1. The molecule has 0 atom stereocenters. The number of nitrogens with zero attached hydrogens (tertiary/aromatic N) is 2. The Morgan fingerprint density at radius 2 is 1.97 bits per heavy atom. The van der Waals surface area contributed by atoms with Crippen LogP contribution in [0.1, 0.15) is 22.6 Å². The number of carbonyl (C=O) groups is 2. The first-order chi connectivity index (χ1) is 14.3. The van der Waals surface area contributed by atoms with Crippen LogP contribution in [0.15, 0.2) is 41.2 Å². The number of amides is 1. The Balaban J connectivity index is 1.78. The van der Waals surface area contributed by atoms with Crippen molar-refractivity contribution >= 4 is 28.3 Å². The molecule has 0 aliphatic carbocycles. The zero-order chi connectivity index (χ0) is 21.8. The van der Waals surface area contributed by atoms with E-state index in [-0.39, 0.29) is 29.5 Å². The summed E-state index contributed by atoms with van der Waals surface area (Å²) in [6.45, 7) is 1.76. The number of pyridine rings is 1. The fraction of sp³-hybridized carbons (Fsp3) is 0.200. The molecule has 0 spiro atoms. The van der Waals surface area contributed by atoms with Crippen molar-refractivity contribution in [1.82, 2.24) is 9.55 Å². The molecule has 0 aliphatic rings. The molecule has 0 unspecified atom stereocenters. The topological polar surface area (TPSA) is 111 Å². The van der Waals surface area contributed by atoms with Gasteiger partial charge in [0.2, 0.25) is 5.91 Å². The molecule has 3 rings (SSSR count). The Labute approximate surface area is 174 Å². The van der Waals surface area contributed by atoms with Crippen molar-refractivity contribution < 1.29 is 23.8 Å². The Hall–Kier alpha value is -3.53. The fourth-order valence-electron chi connectivity index (χ4n) is 2.80. The normalized spacial score (nSPS) is 10.6. The van der Waals surface area contributed by atoms with Gasteiger partial charge in [0, 0.05) is 24.7 Å². The van der Waals surface area contributed by atoms with E-state index in [1.54, 1.807) is 6.92 Å². The summed E-state index contributed by atoms with van der Waals surface area (Å²) >= 11 is 1.05. The van der Waals surface area contributed by atoms with Crippen LogP contribution in [0.4, 0.5) is 9.52 Å². The van der Waals surface area contributed by atoms with Crippen LogP contribution < -0.4 is 10.9 Å². The predicted octanol–water partition coefficient (Wildman–Crippen LogP) is 2.94. The number of anilines is 1. The highest BCUT2D eigenvalue weighted by molar-refractivity contribution is 7.19. The molecule has 0 radical (unpaired) electrons. The smallest absolute Gasteiger partial charge is 0.358 e. The van der Waals surface area contributed by atoms with Crippen molar-refractivity contribution in [2.45, 2.75) is 19.9 Å². The van der Waals surface area contributed by atoms with Crippen molar-refractivity contribution in [3.05, 3.63) is 64.0 Å². The third-order valence-corrected chi connectivity index (χ3v) is 5.26. The quantitative estimate of drug-likeness (QED) is 0.581. The number of aromatic hydroxyl groups is 1. The summed E-state index contributed by atoms with van der Waals surface area (Å²) in [5, 5.41) is 12.2. The third-order valence-electron chi connectivity index (χ3n) is 4.24. The lowest BCUT2D eigenvalue weighted by molar-refractivity contribution is -0.116. The van der Waals surface area contributed by atoms with E-state index in [0.29, 0.717) is 16.1 Å². The molecule has 10 heteroatoms. The minimum atomic E-state index is -0.683. The average molecular weight is 431 g/mol. The summed E-state index contributed by atoms with van der Waals surface area (Å²) in [5.41, 5.74) is 0.672. The van der Waals surface area contributed by atoms with Gasteiger partial charge in [-0.2, -0.15) is 0 Å². The number of aryl methyl sites for hydroxylation is 1. The lowest BCUT2D eigenvalue weighted by Gasteiger charge is -2.09. The van der Waals surface area contributed by atoms with Gasteiger partial charge in [0.1, 0.15) is 11.6 Å². The van der Waals surface area contributed by atoms with Gasteiger partial charge < -0.3 is 19.7 Å². The van der Waals surface area contributed by atoms with Gasteiger partial charge in [-0.05, 0) is 30.7 Å². The number of rotatable bonds is 6. The molecule has 2 heterocycles. The van der Waals surface area contributed by atoms with Crippen LogP contribution in [-0.4, -0.2) is 33.6 Å². The van der Waals surface area contributed by atoms with E-state index in [4.69, 9.17) is 4.74 Å². The second-order valence-electron chi connectivity index (χ2n) is 6.34. The molecule has 0 aliphatic heterocycles. The molecule has 1 amide bonds. The zero-order valence-electron chi connectivity index (χ0n) is 16.1. The molecular formula is C20H18FN3O5S. The van der Waals surface area contributed by atoms with Crippen LogP contribution in [0.2, 0.25) is 0 Å². The van der Waals surface area contributed by atoms with Crippen molar-refractivity contribution in [2.75, 3.05) is 12.4 Å². The van der Waals surface area contributed by atoms with Gasteiger partial charge in [-0.15, -0.1) is 0 Å². The number of thiazole rings is 1. The summed E-state index contributed by atoms with van der Waals surface area (Å²) in [7, 11) is 1.21. The first-order valence-electron chi connectivity index (χ1n) is 8.84. The van der Waals surface area contributed by atoms with Crippen LogP contribution in [-0.2, 0) is 16.1 Å². The lowest BCUT2D eigenvalue weighted by Crippen LogP contribution is -2.24. The molecule has 156 valence electrons. The van der Waals surface area contributed by atoms with Gasteiger partial charge in [-0.1, -0.05) is 23.5 Å². The van der Waals surface area contributed by atoms with Gasteiger partial charge in [0.05, 0.1) is 12.0 Å². The number of halogens is 1. The molecule has 0 saturated heterocycles. The fourth-order valence-corrected chi connectivity index (χ4v) is 3.77. The van der Waals surface area contributed by atoms with Gasteiger partial charge in [0.15, 0.2) is 10.8 Å². The summed E-state index contributed by atoms with van der Waals surface area (Å²) in [6, 6.07) is 8.01. The van der Waals surface area contributed by atoms with Gasteiger partial charge >= 0.3 is 5.97 Å². The van der Waals surface area contributed by atoms with Crippen LogP contribution in [0.3, 0.4) is 0 Å². The van der Waals surface area contributed by atoms with Crippen molar-refractivity contribution in [1.29, 1.82) is 0 Å². The average Bonchev–Trinajstić information content (AvgIpc) is 3.10. The summed E-state index contributed by atoms with van der Waals surface area (Å²) in [5.74, 6) is -1.65. The van der Waals surface area contributed by atoms with Gasteiger partial charge in [0.25, 0.3) is 5.56 Å². The Kier molecular flexibility index (Phi) is 6.26. The number of benzene rings is 1. The van der Waals surface area contributed by atoms with E-state index in [9.17, 15) is 23.9 Å². The highest BCUT2D eigenvalue weighted by atomic mass is 32.1. The number of aromatic nitrogens is 2. The number of nitrogens with one attached hydrogen (secondary N) is 1. The summed E-state index contributed by atoms with van der Waals surface area (Å²) in [6.07, 6.45) is -0.0233. The number of hydrogen-bond acceptors (Lipinski definition) is 7. The Morgan fingerprint density at radius 1 is 1.27 bits per heavy atom. The SMILES string of the molecule is COC(=O)c1nc(NC(=O)CCn2c(C)cc(O)cc2=O)sc1-c1ccc(F)cc1. The zero-order valence-corrected chi connectivity index (χ0v) is 17.0. The number of hydrogen-bond donors (Lipinski definition) is 2. The standard InChI is InChI=1S/C20H18FN3O5S/c1-11-9-14(25)10-16(27)24(11)8-7-15(26)22-20-23-17(19(28)29-2)18(30-20)12-3-5-13(21)6-4-12/h3-6,9-10,25H,7-8H2,1-2H3,(H,22,23,26). The molecule has 2 N–H and O–H groups in total. The monoisotopic (exact) mass is 431 g/mol. The first kappa shape index (κ1) is 21.2. The van der Waals surface area contributed by atoms with Crippen LogP contribution in [0, 0.1) is 12.7 Å². The van der Waals surface area contributed by atoms with Crippen LogP contribution in [0.25, 0.3) is 10.4 Å². The van der Waals surface area contributed by atoms with E-state index in [0.717, 1.165) is 17.4 Å². The Morgan fingerprint density at radius 3 is 2.60 bits per heavy atom. The Bertz CT molecular complexity index is 1150. The molecule has 0 saturated carbocycles. The molecular weight excluding hydrogens is 413 g/mol. The largest absolute Gasteiger partial charge is 0.508 e. The highest BCUT2D eigenvalue weighted by Crippen LogP contribution is 2.33. The number of carbonyl (C=O) groups excluding carboxylic acids is 2. The van der Waals surface area contributed by atoms with Crippen molar-refractivity contribution in [2.24, 2.45) is 0 Å². The minimum absolute atomic E-state index is 0.00927. The van der Waals surface area contributed by atoms with E-state index in [1.165, 1.54) is 42.0 Å². The van der Waals surface area contributed by atoms with E-state index in [2.05, 4.69) is 10.3 Å².